The number of benzene rings is 1. The maximum absolute atomic E-state index is 13.2. The highest BCUT2D eigenvalue weighted by molar-refractivity contribution is 6.77. The molecule has 0 bridgehead atoms. The second-order valence-electron chi connectivity index (χ2n) is 6.96. The Labute approximate surface area is 179 Å². The van der Waals surface area contributed by atoms with Gasteiger partial charge in [0, 0.05) is 55.3 Å². The van der Waals surface area contributed by atoms with Gasteiger partial charge in [-0.3, -0.25) is 9.59 Å². The predicted molar refractivity (Wildman–Crippen MR) is 115 cm³/mol. The SMILES string of the molecule is CCC1=CN(C)C=C(C(=O)C(Cl)(Cl)Cl)C1CC(=O)c1cc2ccccc2n1C. The molecule has 7 heteroatoms. The van der Waals surface area contributed by atoms with Crippen LogP contribution in [0, 0.1) is 5.92 Å². The van der Waals surface area contributed by atoms with E-state index < -0.39 is 15.5 Å². The number of alkyl halides is 3. The molecular formula is C21H21Cl3N2O2. The Hall–Kier alpha value is -1.75. The van der Waals surface area contributed by atoms with Crippen LogP contribution in [0.1, 0.15) is 30.3 Å². The Morgan fingerprint density at radius 2 is 1.79 bits per heavy atom. The van der Waals surface area contributed by atoms with E-state index >= 15 is 0 Å². The molecule has 1 atom stereocenters. The lowest BCUT2D eigenvalue weighted by molar-refractivity contribution is -0.115. The van der Waals surface area contributed by atoms with Gasteiger partial charge in [0.2, 0.25) is 5.78 Å². The molecule has 0 saturated heterocycles. The lowest BCUT2D eigenvalue weighted by Gasteiger charge is -2.30. The lowest BCUT2D eigenvalue weighted by Crippen LogP contribution is -2.31. The van der Waals surface area contributed by atoms with E-state index in [-0.39, 0.29) is 12.2 Å². The number of aromatic nitrogens is 1. The molecule has 2 heterocycles. The minimum absolute atomic E-state index is 0.0596. The summed E-state index contributed by atoms with van der Waals surface area (Å²) in [5.41, 5.74) is 2.87. The summed E-state index contributed by atoms with van der Waals surface area (Å²) >= 11 is 17.6. The number of nitrogens with zero attached hydrogens (tertiary/aromatic N) is 2. The van der Waals surface area contributed by atoms with E-state index in [1.54, 1.807) is 11.1 Å². The van der Waals surface area contributed by atoms with E-state index in [1.807, 2.05) is 62.1 Å². The summed E-state index contributed by atoms with van der Waals surface area (Å²) < 4.78 is -0.189. The molecule has 28 heavy (non-hydrogen) atoms. The molecule has 0 N–H and O–H groups in total. The van der Waals surface area contributed by atoms with Gasteiger partial charge < -0.3 is 9.47 Å². The molecule has 2 aromatic rings. The van der Waals surface area contributed by atoms with Gasteiger partial charge in [-0.05, 0) is 24.1 Å². The van der Waals surface area contributed by atoms with Crippen molar-refractivity contribution in [1.82, 2.24) is 9.47 Å². The monoisotopic (exact) mass is 438 g/mol. The van der Waals surface area contributed by atoms with Crippen molar-refractivity contribution in [3.05, 3.63) is 59.6 Å². The van der Waals surface area contributed by atoms with E-state index in [0.717, 1.165) is 16.5 Å². The van der Waals surface area contributed by atoms with Crippen molar-refractivity contribution in [3.63, 3.8) is 0 Å². The normalized spacial score (nSPS) is 17.5. The van der Waals surface area contributed by atoms with E-state index in [4.69, 9.17) is 34.8 Å². The number of allylic oxidation sites excluding steroid dienone is 2. The summed E-state index contributed by atoms with van der Waals surface area (Å²) in [6.07, 6.45) is 4.38. The number of halogens is 3. The molecule has 0 radical (unpaired) electrons. The van der Waals surface area contributed by atoms with Crippen molar-refractivity contribution >= 4 is 57.3 Å². The molecule has 3 rings (SSSR count). The smallest absolute Gasteiger partial charge is 0.253 e. The van der Waals surface area contributed by atoms with Crippen LogP contribution in [0.15, 0.2) is 53.9 Å². The van der Waals surface area contributed by atoms with Crippen LogP contribution in [-0.4, -0.2) is 31.9 Å². The Balaban J connectivity index is 1.97. The first-order valence-corrected chi connectivity index (χ1v) is 10.1. The Kier molecular flexibility index (Phi) is 5.95. The minimum atomic E-state index is -2.07. The molecule has 148 valence electrons. The molecule has 1 aromatic carbocycles. The first kappa shape index (κ1) is 21.0. The van der Waals surface area contributed by atoms with Gasteiger partial charge in [0.1, 0.15) is 0 Å². The molecule has 4 nitrogen and oxygen atoms in total. The Bertz CT molecular complexity index is 999. The van der Waals surface area contributed by atoms with Crippen LogP contribution in [0.2, 0.25) is 0 Å². The van der Waals surface area contributed by atoms with Gasteiger partial charge in [0.05, 0.1) is 5.69 Å². The number of para-hydroxylation sites is 1. The first-order valence-electron chi connectivity index (χ1n) is 8.97. The second kappa shape index (κ2) is 7.94. The van der Waals surface area contributed by atoms with E-state index in [0.29, 0.717) is 17.7 Å². The maximum atomic E-state index is 13.2. The number of aryl methyl sites for hydroxylation is 1. The van der Waals surface area contributed by atoms with Crippen LogP contribution >= 0.6 is 34.8 Å². The highest BCUT2D eigenvalue weighted by atomic mass is 35.6. The number of fused-ring (bicyclic) bond motifs is 1. The molecule has 0 spiro atoms. The van der Waals surface area contributed by atoms with Crippen LogP contribution < -0.4 is 0 Å². The zero-order valence-corrected chi connectivity index (χ0v) is 18.1. The van der Waals surface area contributed by atoms with Crippen molar-refractivity contribution in [3.8, 4) is 0 Å². The van der Waals surface area contributed by atoms with E-state index in [9.17, 15) is 9.59 Å². The van der Waals surface area contributed by atoms with Crippen LogP contribution in [0.4, 0.5) is 0 Å². The van der Waals surface area contributed by atoms with E-state index in [2.05, 4.69) is 0 Å². The number of hydrogen-bond acceptors (Lipinski definition) is 3. The highest BCUT2D eigenvalue weighted by Crippen LogP contribution is 2.39. The lowest BCUT2D eigenvalue weighted by atomic mass is 9.82. The molecule has 0 fully saturated rings. The minimum Gasteiger partial charge on any atom is -0.357 e. The molecule has 1 aromatic heterocycles. The number of Topliss-reactive ketones (excluding diaryl/α,β-unsaturated/α-hetero) is 2. The quantitative estimate of drug-likeness (QED) is 0.461. The molecular weight excluding hydrogens is 419 g/mol. The average molecular weight is 440 g/mol. The van der Waals surface area contributed by atoms with Gasteiger partial charge in [-0.15, -0.1) is 0 Å². The van der Waals surface area contributed by atoms with Gasteiger partial charge in [0.25, 0.3) is 3.79 Å². The van der Waals surface area contributed by atoms with Gasteiger partial charge in [-0.2, -0.15) is 0 Å². The van der Waals surface area contributed by atoms with Crippen molar-refractivity contribution in [2.45, 2.75) is 23.6 Å². The summed E-state index contributed by atoms with van der Waals surface area (Å²) in [5, 5.41) is 0.996. The average Bonchev–Trinajstić information content (AvgIpc) is 2.98. The molecule has 1 aliphatic heterocycles. The topological polar surface area (TPSA) is 42.3 Å². The fourth-order valence-corrected chi connectivity index (χ4v) is 4.03. The largest absolute Gasteiger partial charge is 0.357 e. The number of carbonyl (C=O) groups excluding carboxylic acids is 2. The van der Waals surface area contributed by atoms with Crippen LogP contribution in [0.5, 0.6) is 0 Å². The first-order chi connectivity index (χ1) is 13.1. The number of rotatable bonds is 5. The zero-order valence-electron chi connectivity index (χ0n) is 15.9. The third-order valence-corrected chi connectivity index (χ3v) is 5.60. The van der Waals surface area contributed by atoms with Gasteiger partial charge in [-0.1, -0.05) is 59.9 Å². The molecule has 0 saturated carbocycles. The van der Waals surface area contributed by atoms with Crippen molar-refractivity contribution in [1.29, 1.82) is 0 Å². The molecule has 0 aliphatic carbocycles. The van der Waals surface area contributed by atoms with Gasteiger partial charge >= 0.3 is 0 Å². The standard InChI is InChI=1S/C21H21Cl3N2O2/c1-4-13-11-25(2)12-16(20(28)21(22,23)24)15(13)10-19(27)18-9-14-7-5-6-8-17(14)26(18)3/h5-9,11-12,15H,4,10H2,1-3H3. The Morgan fingerprint density at radius 3 is 2.39 bits per heavy atom. The molecule has 0 amide bonds. The van der Waals surface area contributed by atoms with E-state index in [1.165, 1.54) is 0 Å². The molecule has 1 aliphatic rings. The molecule has 1 unspecified atom stereocenters. The van der Waals surface area contributed by atoms with Crippen LogP contribution in [-0.2, 0) is 11.8 Å². The summed E-state index contributed by atoms with van der Waals surface area (Å²) in [4.78, 5) is 27.7. The number of ketones is 2. The summed E-state index contributed by atoms with van der Waals surface area (Å²) in [7, 11) is 3.67. The Morgan fingerprint density at radius 1 is 1.11 bits per heavy atom. The van der Waals surface area contributed by atoms with Crippen LogP contribution in [0.3, 0.4) is 0 Å². The number of carbonyl (C=O) groups is 2. The highest BCUT2D eigenvalue weighted by Gasteiger charge is 2.39. The fraction of sp³-hybridized carbons (Fsp3) is 0.333. The fourth-order valence-electron chi connectivity index (χ4n) is 3.70. The summed E-state index contributed by atoms with van der Waals surface area (Å²) in [6.45, 7) is 1.98. The maximum Gasteiger partial charge on any atom is 0.253 e. The summed E-state index contributed by atoms with van der Waals surface area (Å²) in [5.74, 6) is -1.08. The van der Waals surface area contributed by atoms with Gasteiger partial charge in [0.15, 0.2) is 5.78 Å². The predicted octanol–water partition coefficient (Wildman–Crippen LogP) is 5.43. The third-order valence-electron chi connectivity index (χ3n) is 5.09. The summed E-state index contributed by atoms with van der Waals surface area (Å²) in [6, 6.07) is 9.69. The van der Waals surface area contributed by atoms with Crippen molar-refractivity contribution < 1.29 is 9.59 Å². The number of hydrogen-bond donors (Lipinski definition) is 0. The van der Waals surface area contributed by atoms with Gasteiger partial charge in [-0.25, -0.2) is 0 Å². The second-order valence-corrected chi connectivity index (χ2v) is 9.24. The third kappa shape index (κ3) is 4.00. The van der Waals surface area contributed by atoms with Crippen molar-refractivity contribution in [2.75, 3.05) is 7.05 Å². The van der Waals surface area contributed by atoms with Crippen molar-refractivity contribution in [2.24, 2.45) is 13.0 Å². The zero-order chi connectivity index (χ0) is 20.6. The van der Waals surface area contributed by atoms with Crippen LogP contribution in [0.25, 0.3) is 10.9 Å².